The highest BCUT2D eigenvalue weighted by Crippen LogP contribution is 2.26. The summed E-state index contributed by atoms with van der Waals surface area (Å²) in [5.41, 5.74) is 2.63. The van der Waals surface area contributed by atoms with Crippen molar-refractivity contribution in [3.63, 3.8) is 0 Å². The maximum atomic E-state index is 12.5. The Morgan fingerprint density at radius 3 is 2.94 bits per heavy atom. The lowest BCUT2D eigenvalue weighted by Crippen LogP contribution is -2.46. The molecule has 0 radical (unpaired) electrons. The van der Waals surface area contributed by atoms with Crippen molar-refractivity contribution >= 4 is 17.2 Å². The van der Waals surface area contributed by atoms with Crippen LogP contribution < -0.4 is 0 Å². The Morgan fingerprint density at radius 2 is 2.33 bits per heavy atom. The van der Waals surface area contributed by atoms with Gasteiger partial charge in [0, 0.05) is 12.6 Å². The lowest BCUT2D eigenvalue weighted by molar-refractivity contribution is 0.0367. The van der Waals surface area contributed by atoms with E-state index < -0.39 is 0 Å². The van der Waals surface area contributed by atoms with Crippen LogP contribution in [0, 0.1) is 0 Å². The van der Waals surface area contributed by atoms with E-state index in [0.717, 1.165) is 10.6 Å². The van der Waals surface area contributed by atoms with Crippen LogP contribution in [0.4, 0.5) is 0 Å². The number of carbonyl (C=O) groups is 1. The Bertz CT molecular complexity index is 430. The second-order valence-corrected chi connectivity index (χ2v) is 6.10. The van der Waals surface area contributed by atoms with E-state index in [0.29, 0.717) is 19.4 Å². The van der Waals surface area contributed by atoms with Gasteiger partial charge in [0.15, 0.2) is 0 Å². The summed E-state index contributed by atoms with van der Waals surface area (Å²) in [6, 6.07) is 0.100. The Hall–Kier alpha value is -0.940. The van der Waals surface area contributed by atoms with Gasteiger partial charge in [0.2, 0.25) is 0 Å². The molecule has 1 N–H and O–H groups in total. The Morgan fingerprint density at radius 1 is 1.61 bits per heavy atom. The molecule has 100 valence electrons. The summed E-state index contributed by atoms with van der Waals surface area (Å²) in [7, 11) is 0. The highest BCUT2D eigenvalue weighted by Gasteiger charge is 2.30. The number of nitrogens with zero attached hydrogens (tertiary/aromatic N) is 2. The molecule has 1 aliphatic heterocycles. The van der Waals surface area contributed by atoms with Crippen LogP contribution in [0.25, 0.3) is 0 Å². The molecule has 5 heteroatoms. The van der Waals surface area contributed by atoms with Crippen molar-refractivity contribution in [2.45, 2.75) is 51.7 Å². The third-order valence-corrected chi connectivity index (χ3v) is 4.28. The monoisotopic (exact) mass is 268 g/mol. The largest absolute Gasteiger partial charge is 0.393 e. The van der Waals surface area contributed by atoms with E-state index in [-0.39, 0.29) is 24.0 Å². The molecular weight excluding hydrogens is 248 g/mol. The zero-order valence-electron chi connectivity index (χ0n) is 11.1. The lowest BCUT2D eigenvalue weighted by atomic mass is 10.00. The first-order valence-electron chi connectivity index (χ1n) is 6.43. The number of aromatic nitrogens is 1. The minimum Gasteiger partial charge on any atom is -0.393 e. The van der Waals surface area contributed by atoms with Crippen LogP contribution in [0.1, 0.15) is 54.9 Å². The summed E-state index contributed by atoms with van der Waals surface area (Å²) in [5, 5.41) is 9.60. The van der Waals surface area contributed by atoms with E-state index in [1.54, 1.807) is 5.51 Å². The quantitative estimate of drug-likeness (QED) is 0.895. The Labute approximate surface area is 112 Å². The van der Waals surface area contributed by atoms with E-state index in [1.165, 1.54) is 11.3 Å². The lowest BCUT2D eigenvalue weighted by Gasteiger charge is -2.35. The number of aliphatic hydroxyl groups is 1. The first-order valence-corrected chi connectivity index (χ1v) is 7.31. The van der Waals surface area contributed by atoms with Crippen LogP contribution in [0.2, 0.25) is 0 Å². The molecule has 0 aliphatic carbocycles. The number of aliphatic hydroxyl groups excluding tert-OH is 1. The van der Waals surface area contributed by atoms with Crippen molar-refractivity contribution in [2.24, 2.45) is 0 Å². The molecule has 0 bridgehead atoms. The summed E-state index contributed by atoms with van der Waals surface area (Å²) in [4.78, 5) is 19.4. The van der Waals surface area contributed by atoms with Gasteiger partial charge in [0.05, 0.1) is 17.3 Å². The van der Waals surface area contributed by atoms with Crippen molar-refractivity contribution in [3.8, 4) is 0 Å². The minimum atomic E-state index is -0.268. The molecule has 0 unspecified atom stereocenters. The molecule has 1 fully saturated rings. The molecular formula is C13H20N2O2S. The Balaban J connectivity index is 2.18. The highest BCUT2D eigenvalue weighted by molar-refractivity contribution is 7.11. The molecule has 0 aromatic carbocycles. The minimum absolute atomic E-state index is 0.0700. The zero-order chi connectivity index (χ0) is 13.3. The molecule has 4 nitrogen and oxygen atoms in total. The maximum absolute atomic E-state index is 12.5. The van der Waals surface area contributed by atoms with Gasteiger partial charge in [-0.15, -0.1) is 11.3 Å². The van der Waals surface area contributed by atoms with Gasteiger partial charge in [-0.2, -0.15) is 0 Å². The molecule has 2 heterocycles. The predicted molar refractivity (Wildman–Crippen MR) is 71.9 cm³/mol. The number of rotatable bonds is 2. The smallest absolute Gasteiger partial charge is 0.266 e. The fourth-order valence-electron chi connectivity index (χ4n) is 2.41. The van der Waals surface area contributed by atoms with Crippen molar-refractivity contribution in [2.75, 3.05) is 6.54 Å². The van der Waals surface area contributed by atoms with E-state index in [2.05, 4.69) is 18.8 Å². The normalized spacial score (nSPS) is 24.6. The number of hydrogen-bond acceptors (Lipinski definition) is 4. The average Bonchev–Trinajstić information content (AvgIpc) is 2.77. The molecule has 1 aliphatic rings. The van der Waals surface area contributed by atoms with E-state index in [9.17, 15) is 9.90 Å². The molecule has 2 atom stereocenters. The van der Waals surface area contributed by atoms with E-state index >= 15 is 0 Å². The van der Waals surface area contributed by atoms with Crippen molar-refractivity contribution in [1.29, 1.82) is 0 Å². The summed E-state index contributed by atoms with van der Waals surface area (Å²) in [5.74, 6) is 0.335. The van der Waals surface area contributed by atoms with Gasteiger partial charge < -0.3 is 10.0 Å². The van der Waals surface area contributed by atoms with Crippen LogP contribution in [-0.2, 0) is 0 Å². The summed E-state index contributed by atoms with van der Waals surface area (Å²) in [6.07, 6.45) is 1.07. The third-order valence-electron chi connectivity index (χ3n) is 3.45. The number of piperidine rings is 1. The number of hydrogen-bond donors (Lipinski definition) is 1. The second kappa shape index (κ2) is 5.36. The van der Waals surface area contributed by atoms with Gasteiger partial charge in [-0.3, -0.25) is 4.79 Å². The standard InChI is InChI=1S/C13H20N2O2S/c1-8(2)11-12(18-7-14-11)13(17)15-5-4-10(16)6-9(15)3/h7-10,16H,4-6H2,1-3H3/t9-,10-/m1/s1. The Kier molecular flexibility index (Phi) is 4.02. The molecule has 0 spiro atoms. The summed E-state index contributed by atoms with van der Waals surface area (Å²) >= 11 is 1.42. The van der Waals surface area contributed by atoms with Crippen molar-refractivity contribution in [3.05, 3.63) is 16.1 Å². The summed E-state index contributed by atoms with van der Waals surface area (Å²) < 4.78 is 0. The second-order valence-electron chi connectivity index (χ2n) is 5.25. The number of likely N-dealkylation sites (tertiary alicyclic amines) is 1. The van der Waals surface area contributed by atoms with Crippen molar-refractivity contribution in [1.82, 2.24) is 9.88 Å². The van der Waals surface area contributed by atoms with Crippen LogP contribution >= 0.6 is 11.3 Å². The van der Waals surface area contributed by atoms with E-state index in [4.69, 9.17) is 0 Å². The van der Waals surface area contributed by atoms with Crippen LogP contribution in [0.3, 0.4) is 0 Å². The molecule has 2 rings (SSSR count). The van der Waals surface area contributed by atoms with Crippen LogP contribution in [0.15, 0.2) is 5.51 Å². The maximum Gasteiger partial charge on any atom is 0.266 e. The van der Waals surface area contributed by atoms with Gasteiger partial charge in [0.25, 0.3) is 5.91 Å². The van der Waals surface area contributed by atoms with Gasteiger partial charge in [-0.1, -0.05) is 13.8 Å². The zero-order valence-corrected chi connectivity index (χ0v) is 11.9. The van der Waals surface area contributed by atoms with Crippen LogP contribution in [0.5, 0.6) is 0 Å². The highest BCUT2D eigenvalue weighted by atomic mass is 32.1. The van der Waals surface area contributed by atoms with Gasteiger partial charge in [-0.25, -0.2) is 4.98 Å². The molecule has 18 heavy (non-hydrogen) atoms. The first-order chi connectivity index (χ1) is 8.50. The fraction of sp³-hybridized carbons (Fsp3) is 0.692. The van der Waals surface area contributed by atoms with Crippen LogP contribution in [-0.4, -0.2) is 39.6 Å². The average molecular weight is 268 g/mol. The van der Waals surface area contributed by atoms with Crippen molar-refractivity contribution < 1.29 is 9.90 Å². The van der Waals surface area contributed by atoms with E-state index in [1.807, 2.05) is 11.8 Å². The number of amides is 1. The molecule has 1 aromatic heterocycles. The first kappa shape index (κ1) is 13.5. The topological polar surface area (TPSA) is 53.4 Å². The number of carbonyl (C=O) groups excluding carboxylic acids is 1. The molecule has 1 saturated heterocycles. The SMILES string of the molecule is CC(C)c1ncsc1C(=O)N1CC[C@@H](O)C[C@H]1C. The fourth-order valence-corrected chi connectivity index (χ4v) is 3.30. The molecule has 1 amide bonds. The summed E-state index contributed by atoms with van der Waals surface area (Å²) in [6.45, 7) is 6.73. The van der Waals surface area contributed by atoms with Gasteiger partial charge in [-0.05, 0) is 25.7 Å². The molecule has 0 saturated carbocycles. The van der Waals surface area contributed by atoms with Gasteiger partial charge >= 0.3 is 0 Å². The molecule has 1 aromatic rings. The third kappa shape index (κ3) is 2.57. The predicted octanol–water partition coefficient (Wildman–Crippen LogP) is 2.25. The van der Waals surface area contributed by atoms with Gasteiger partial charge in [0.1, 0.15) is 4.88 Å². The number of thiazole rings is 1.